The van der Waals surface area contributed by atoms with E-state index in [0.29, 0.717) is 12.6 Å². The first-order chi connectivity index (χ1) is 10.6. The highest BCUT2D eigenvalue weighted by atomic mass is 16.5. The highest BCUT2D eigenvalue weighted by Gasteiger charge is 2.29. The van der Waals surface area contributed by atoms with Gasteiger partial charge in [0.2, 0.25) is 5.91 Å². The number of piperazine rings is 1. The van der Waals surface area contributed by atoms with E-state index < -0.39 is 0 Å². The molecule has 2 fully saturated rings. The molecular formula is C16H31N3O3. The predicted molar refractivity (Wildman–Crippen MR) is 85.9 cm³/mol. The Balaban J connectivity index is 1.72. The van der Waals surface area contributed by atoms with Crippen molar-refractivity contribution in [3.63, 3.8) is 0 Å². The lowest BCUT2D eigenvalue weighted by Crippen LogP contribution is -2.58. The number of amides is 1. The smallest absolute Gasteiger partial charge is 0.237 e. The van der Waals surface area contributed by atoms with Gasteiger partial charge in [0.25, 0.3) is 0 Å². The third-order valence-corrected chi connectivity index (χ3v) is 4.83. The number of ether oxygens (including phenoxy) is 2. The SMILES string of the molecule is COCCN1CCN(C(C)C(=O)NCC2CCCO2)CC1C. The first-order valence-corrected chi connectivity index (χ1v) is 8.48. The second kappa shape index (κ2) is 8.82. The van der Waals surface area contributed by atoms with E-state index in [1.807, 2.05) is 6.92 Å². The van der Waals surface area contributed by atoms with Gasteiger partial charge in [0.15, 0.2) is 0 Å². The van der Waals surface area contributed by atoms with Crippen LogP contribution in [0.4, 0.5) is 0 Å². The van der Waals surface area contributed by atoms with Crippen LogP contribution in [0.3, 0.4) is 0 Å². The second-order valence-corrected chi connectivity index (χ2v) is 6.43. The topological polar surface area (TPSA) is 54.0 Å². The molecule has 0 aromatic carbocycles. The fraction of sp³-hybridized carbons (Fsp3) is 0.938. The molecule has 2 saturated heterocycles. The minimum Gasteiger partial charge on any atom is -0.383 e. The molecule has 0 saturated carbocycles. The van der Waals surface area contributed by atoms with Crippen LogP contribution in [0.25, 0.3) is 0 Å². The van der Waals surface area contributed by atoms with Crippen LogP contribution >= 0.6 is 0 Å². The van der Waals surface area contributed by atoms with E-state index in [4.69, 9.17) is 9.47 Å². The van der Waals surface area contributed by atoms with Gasteiger partial charge >= 0.3 is 0 Å². The van der Waals surface area contributed by atoms with Crippen molar-refractivity contribution >= 4 is 5.91 Å². The second-order valence-electron chi connectivity index (χ2n) is 6.43. The van der Waals surface area contributed by atoms with E-state index >= 15 is 0 Å². The fourth-order valence-corrected chi connectivity index (χ4v) is 3.25. The van der Waals surface area contributed by atoms with Crippen molar-refractivity contribution in [2.45, 2.75) is 44.9 Å². The average molecular weight is 313 g/mol. The molecule has 22 heavy (non-hydrogen) atoms. The Labute approximate surface area is 134 Å². The van der Waals surface area contributed by atoms with Crippen LogP contribution in [0.2, 0.25) is 0 Å². The average Bonchev–Trinajstić information content (AvgIpc) is 3.04. The standard InChI is InChI=1S/C16H31N3O3/c1-13-12-19(7-6-18(13)8-10-21-3)14(2)16(20)17-11-15-5-4-9-22-15/h13-15H,4-12H2,1-3H3,(H,17,20). The van der Waals surface area contributed by atoms with E-state index in [-0.39, 0.29) is 18.1 Å². The third-order valence-electron chi connectivity index (χ3n) is 4.83. The summed E-state index contributed by atoms with van der Waals surface area (Å²) >= 11 is 0. The third kappa shape index (κ3) is 4.91. The lowest BCUT2D eigenvalue weighted by Gasteiger charge is -2.41. The van der Waals surface area contributed by atoms with E-state index in [1.165, 1.54) is 0 Å². The van der Waals surface area contributed by atoms with Crippen LogP contribution in [0, 0.1) is 0 Å². The molecule has 2 aliphatic heterocycles. The highest BCUT2D eigenvalue weighted by molar-refractivity contribution is 5.81. The van der Waals surface area contributed by atoms with Crippen molar-refractivity contribution in [2.75, 3.05) is 53.0 Å². The van der Waals surface area contributed by atoms with E-state index in [9.17, 15) is 4.79 Å². The Kier molecular flexibility index (Phi) is 7.08. The predicted octanol–water partition coefficient (Wildman–Crippen LogP) is 0.323. The first-order valence-electron chi connectivity index (χ1n) is 8.48. The highest BCUT2D eigenvalue weighted by Crippen LogP contribution is 2.13. The van der Waals surface area contributed by atoms with Gasteiger partial charge in [0.05, 0.1) is 18.8 Å². The number of hydrogen-bond donors (Lipinski definition) is 1. The quantitative estimate of drug-likeness (QED) is 0.734. The van der Waals surface area contributed by atoms with Gasteiger partial charge in [-0.15, -0.1) is 0 Å². The zero-order valence-electron chi connectivity index (χ0n) is 14.2. The summed E-state index contributed by atoms with van der Waals surface area (Å²) in [6.07, 6.45) is 2.38. The number of rotatable bonds is 7. The van der Waals surface area contributed by atoms with Crippen LogP contribution in [0.1, 0.15) is 26.7 Å². The van der Waals surface area contributed by atoms with Gasteiger partial charge in [0.1, 0.15) is 0 Å². The van der Waals surface area contributed by atoms with Gasteiger partial charge in [0, 0.05) is 52.5 Å². The van der Waals surface area contributed by atoms with Gasteiger partial charge in [-0.05, 0) is 26.7 Å². The molecular weight excluding hydrogens is 282 g/mol. The normalized spacial score (nSPS) is 28.7. The molecule has 3 unspecified atom stereocenters. The molecule has 2 heterocycles. The molecule has 6 heteroatoms. The van der Waals surface area contributed by atoms with Crippen LogP contribution in [0.15, 0.2) is 0 Å². The Morgan fingerprint density at radius 1 is 1.45 bits per heavy atom. The molecule has 0 bridgehead atoms. The summed E-state index contributed by atoms with van der Waals surface area (Å²) in [5.41, 5.74) is 0. The largest absolute Gasteiger partial charge is 0.383 e. The lowest BCUT2D eigenvalue weighted by molar-refractivity contribution is -0.127. The Morgan fingerprint density at radius 3 is 2.91 bits per heavy atom. The number of hydrogen-bond acceptors (Lipinski definition) is 5. The zero-order chi connectivity index (χ0) is 15.9. The number of carbonyl (C=O) groups excluding carboxylic acids is 1. The summed E-state index contributed by atoms with van der Waals surface area (Å²) in [4.78, 5) is 17.0. The Morgan fingerprint density at radius 2 is 2.27 bits per heavy atom. The number of nitrogens with zero attached hydrogens (tertiary/aromatic N) is 2. The first kappa shape index (κ1) is 17.7. The summed E-state index contributed by atoms with van der Waals surface area (Å²) < 4.78 is 10.7. The molecule has 0 aromatic rings. The molecule has 0 radical (unpaired) electrons. The minimum absolute atomic E-state index is 0.0755. The van der Waals surface area contributed by atoms with Gasteiger partial charge in [-0.25, -0.2) is 0 Å². The molecule has 128 valence electrons. The molecule has 0 aliphatic carbocycles. The molecule has 0 aromatic heterocycles. The van der Waals surface area contributed by atoms with Crippen LogP contribution < -0.4 is 5.32 Å². The van der Waals surface area contributed by atoms with Gasteiger partial charge < -0.3 is 14.8 Å². The molecule has 3 atom stereocenters. The molecule has 2 rings (SSSR count). The molecule has 1 N–H and O–H groups in total. The van der Waals surface area contributed by atoms with Crippen LogP contribution in [-0.2, 0) is 14.3 Å². The number of carbonyl (C=O) groups is 1. The van der Waals surface area contributed by atoms with E-state index in [0.717, 1.165) is 52.2 Å². The fourth-order valence-electron chi connectivity index (χ4n) is 3.25. The maximum Gasteiger partial charge on any atom is 0.237 e. The van der Waals surface area contributed by atoms with Crippen molar-refractivity contribution < 1.29 is 14.3 Å². The summed E-state index contributed by atoms with van der Waals surface area (Å²) in [6.45, 7) is 10.3. The minimum atomic E-state index is -0.0755. The van der Waals surface area contributed by atoms with Crippen LogP contribution in [-0.4, -0.2) is 86.9 Å². The van der Waals surface area contributed by atoms with Crippen LogP contribution in [0.5, 0.6) is 0 Å². The van der Waals surface area contributed by atoms with Crippen molar-refractivity contribution in [1.82, 2.24) is 15.1 Å². The summed E-state index contributed by atoms with van der Waals surface area (Å²) in [5.74, 6) is 0.119. The lowest BCUT2D eigenvalue weighted by atomic mass is 10.1. The van der Waals surface area contributed by atoms with E-state index in [2.05, 4.69) is 22.0 Å². The molecule has 2 aliphatic rings. The summed E-state index contributed by atoms with van der Waals surface area (Å²) in [5, 5.41) is 3.04. The van der Waals surface area contributed by atoms with Crippen molar-refractivity contribution in [3.05, 3.63) is 0 Å². The van der Waals surface area contributed by atoms with Crippen molar-refractivity contribution in [2.24, 2.45) is 0 Å². The molecule has 0 spiro atoms. The Bertz CT molecular complexity index is 348. The van der Waals surface area contributed by atoms with Gasteiger partial charge in [-0.3, -0.25) is 14.6 Å². The summed E-state index contributed by atoms with van der Waals surface area (Å²) in [7, 11) is 1.74. The number of nitrogens with one attached hydrogen (secondary N) is 1. The number of methoxy groups -OCH3 is 1. The molecule has 1 amide bonds. The monoisotopic (exact) mass is 313 g/mol. The Hall–Kier alpha value is -0.690. The van der Waals surface area contributed by atoms with Crippen molar-refractivity contribution in [3.8, 4) is 0 Å². The maximum absolute atomic E-state index is 12.3. The van der Waals surface area contributed by atoms with Gasteiger partial charge in [-0.1, -0.05) is 0 Å². The van der Waals surface area contributed by atoms with Crippen molar-refractivity contribution in [1.29, 1.82) is 0 Å². The maximum atomic E-state index is 12.3. The zero-order valence-corrected chi connectivity index (χ0v) is 14.2. The van der Waals surface area contributed by atoms with E-state index in [1.54, 1.807) is 7.11 Å². The van der Waals surface area contributed by atoms with Gasteiger partial charge in [-0.2, -0.15) is 0 Å². The molecule has 6 nitrogen and oxygen atoms in total. The summed E-state index contributed by atoms with van der Waals surface area (Å²) in [6, 6.07) is 0.380.